The van der Waals surface area contributed by atoms with Crippen molar-refractivity contribution >= 4 is 23.5 Å². The first-order chi connectivity index (χ1) is 8.63. The monoisotopic (exact) mass is 273 g/mol. The summed E-state index contributed by atoms with van der Waals surface area (Å²) in [6.07, 6.45) is 3.23. The number of nitrogens with one attached hydrogen (secondary N) is 1. The molecule has 1 aromatic heterocycles. The molecule has 1 aromatic rings. The number of unbranched alkanes of at least 4 members (excludes halogenated alkanes) is 2. The minimum Gasteiger partial charge on any atom is -0.385 e. The zero-order chi connectivity index (χ0) is 13.4. The van der Waals surface area contributed by atoms with E-state index in [9.17, 15) is 0 Å². The highest BCUT2D eigenvalue weighted by atomic mass is 35.5. The van der Waals surface area contributed by atoms with Crippen LogP contribution in [0.2, 0.25) is 5.28 Å². The summed E-state index contributed by atoms with van der Waals surface area (Å²) >= 11 is 5.83. The van der Waals surface area contributed by atoms with E-state index in [-0.39, 0.29) is 5.28 Å². The summed E-state index contributed by atoms with van der Waals surface area (Å²) in [5.41, 5.74) is 0. The molecule has 0 aromatic carbocycles. The van der Waals surface area contributed by atoms with Crippen molar-refractivity contribution in [1.82, 2.24) is 15.0 Å². The molecule has 1 heterocycles. The van der Waals surface area contributed by atoms with E-state index in [2.05, 4.69) is 20.3 Å². The fourth-order valence-electron chi connectivity index (χ4n) is 1.37. The van der Waals surface area contributed by atoms with Crippen molar-refractivity contribution in [2.45, 2.75) is 19.3 Å². The van der Waals surface area contributed by atoms with E-state index in [4.69, 9.17) is 16.3 Å². The van der Waals surface area contributed by atoms with Gasteiger partial charge in [-0.3, -0.25) is 0 Å². The summed E-state index contributed by atoms with van der Waals surface area (Å²) in [7, 11) is 5.44. The van der Waals surface area contributed by atoms with E-state index in [1.165, 1.54) is 0 Å². The molecule has 1 rings (SSSR count). The largest absolute Gasteiger partial charge is 0.385 e. The number of hydrogen-bond donors (Lipinski definition) is 1. The highest BCUT2D eigenvalue weighted by molar-refractivity contribution is 6.28. The van der Waals surface area contributed by atoms with E-state index in [1.54, 1.807) is 12.0 Å². The Bertz CT molecular complexity index is 361. The van der Waals surface area contributed by atoms with Gasteiger partial charge < -0.3 is 15.0 Å². The standard InChI is InChI=1S/C11H20ClN5O/c1-17(2)11-15-9(12)14-10(16-11)13-7-5-4-6-8-18-3/h4-8H2,1-3H3,(H,13,14,15,16). The summed E-state index contributed by atoms with van der Waals surface area (Å²) in [6, 6.07) is 0. The Hall–Kier alpha value is -1.14. The lowest BCUT2D eigenvalue weighted by Gasteiger charge is -2.11. The Morgan fingerprint density at radius 3 is 2.61 bits per heavy atom. The number of ether oxygens (including phenoxy) is 1. The Morgan fingerprint density at radius 2 is 1.94 bits per heavy atom. The van der Waals surface area contributed by atoms with Gasteiger partial charge in [-0.1, -0.05) is 0 Å². The molecular weight excluding hydrogens is 254 g/mol. The van der Waals surface area contributed by atoms with E-state index in [0.717, 1.165) is 32.4 Å². The van der Waals surface area contributed by atoms with Crippen molar-refractivity contribution < 1.29 is 4.74 Å². The molecule has 0 unspecified atom stereocenters. The van der Waals surface area contributed by atoms with Crippen LogP contribution >= 0.6 is 11.6 Å². The van der Waals surface area contributed by atoms with Crippen LogP contribution in [0.5, 0.6) is 0 Å². The van der Waals surface area contributed by atoms with Gasteiger partial charge in [-0.2, -0.15) is 15.0 Å². The lowest BCUT2D eigenvalue weighted by Crippen LogP contribution is -2.15. The van der Waals surface area contributed by atoms with E-state index >= 15 is 0 Å². The van der Waals surface area contributed by atoms with E-state index in [1.807, 2.05) is 14.1 Å². The van der Waals surface area contributed by atoms with Crippen molar-refractivity contribution in [2.24, 2.45) is 0 Å². The zero-order valence-electron chi connectivity index (χ0n) is 11.1. The first kappa shape index (κ1) is 14.9. The van der Waals surface area contributed by atoms with Crippen LogP contribution in [0.1, 0.15) is 19.3 Å². The molecule has 0 aliphatic heterocycles. The van der Waals surface area contributed by atoms with Gasteiger partial charge in [-0.25, -0.2) is 0 Å². The second kappa shape index (κ2) is 8.05. The quantitative estimate of drug-likeness (QED) is 0.729. The number of aromatic nitrogens is 3. The Balaban J connectivity index is 2.37. The van der Waals surface area contributed by atoms with Crippen molar-refractivity contribution in [3.8, 4) is 0 Å². The topological polar surface area (TPSA) is 63.2 Å². The van der Waals surface area contributed by atoms with Gasteiger partial charge >= 0.3 is 0 Å². The molecule has 1 N–H and O–H groups in total. The van der Waals surface area contributed by atoms with Gasteiger partial charge in [0.25, 0.3) is 0 Å². The molecule has 0 saturated carbocycles. The summed E-state index contributed by atoms with van der Waals surface area (Å²) in [4.78, 5) is 14.1. The van der Waals surface area contributed by atoms with Crippen LogP contribution in [0, 0.1) is 0 Å². The lowest BCUT2D eigenvalue weighted by atomic mass is 10.2. The van der Waals surface area contributed by atoms with Crippen molar-refractivity contribution in [3.05, 3.63) is 5.28 Å². The van der Waals surface area contributed by atoms with E-state index < -0.39 is 0 Å². The maximum atomic E-state index is 5.83. The third-order valence-corrected chi connectivity index (χ3v) is 2.47. The van der Waals surface area contributed by atoms with Gasteiger partial charge in [0.2, 0.25) is 17.2 Å². The molecule has 102 valence electrons. The Labute approximate surface area is 113 Å². The molecule has 0 aliphatic rings. The Morgan fingerprint density at radius 1 is 1.17 bits per heavy atom. The maximum absolute atomic E-state index is 5.83. The molecule has 0 aliphatic carbocycles. The first-order valence-electron chi connectivity index (χ1n) is 5.95. The summed E-state index contributed by atoms with van der Waals surface area (Å²) in [5, 5.41) is 3.35. The third-order valence-electron chi connectivity index (χ3n) is 2.30. The van der Waals surface area contributed by atoms with E-state index in [0.29, 0.717) is 11.9 Å². The second-order valence-electron chi connectivity index (χ2n) is 4.10. The van der Waals surface area contributed by atoms with Gasteiger partial charge in [-0.05, 0) is 30.9 Å². The van der Waals surface area contributed by atoms with Crippen LogP contribution in [-0.2, 0) is 4.74 Å². The van der Waals surface area contributed by atoms with Crippen LogP contribution in [0.3, 0.4) is 0 Å². The van der Waals surface area contributed by atoms with Crippen LogP contribution in [0.4, 0.5) is 11.9 Å². The zero-order valence-corrected chi connectivity index (χ0v) is 11.9. The minimum absolute atomic E-state index is 0.204. The molecule has 0 amide bonds. The van der Waals surface area contributed by atoms with Crippen molar-refractivity contribution in [1.29, 1.82) is 0 Å². The summed E-state index contributed by atoms with van der Waals surface area (Å²) in [5.74, 6) is 1.07. The number of anilines is 2. The Kier molecular flexibility index (Phi) is 6.67. The molecule has 7 heteroatoms. The third kappa shape index (κ3) is 5.46. The summed E-state index contributed by atoms with van der Waals surface area (Å²) < 4.78 is 4.99. The van der Waals surface area contributed by atoms with Crippen LogP contribution in [0.15, 0.2) is 0 Å². The van der Waals surface area contributed by atoms with Crippen molar-refractivity contribution in [3.63, 3.8) is 0 Å². The smallest absolute Gasteiger partial charge is 0.230 e. The van der Waals surface area contributed by atoms with Crippen LogP contribution < -0.4 is 10.2 Å². The predicted octanol–water partition coefficient (Wildman–Crippen LogP) is 1.82. The van der Waals surface area contributed by atoms with Gasteiger partial charge in [0.05, 0.1) is 0 Å². The molecule has 0 radical (unpaired) electrons. The molecule has 6 nitrogen and oxygen atoms in total. The number of halogens is 1. The molecule has 0 fully saturated rings. The average Bonchev–Trinajstić information content (AvgIpc) is 2.33. The second-order valence-corrected chi connectivity index (χ2v) is 4.44. The average molecular weight is 274 g/mol. The number of rotatable bonds is 8. The SMILES string of the molecule is COCCCCCNc1nc(Cl)nc(N(C)C)n1. The molecule has 0 saturated heterocycles. The first-order valence-corrected chi connectivity index (χ1v) is 6.33. The number of hydrogen-bond acceptors (Lipinski definition) is 6. The fourth-order valence-corrected chi connectivity index (χ4v) is 1.52. The fraction of sp³-hybridized carbons (Fsp3) is 0.727. The molecule has 0 spiro atoms. The summed E-state index contributed by atoms with van der Waals surface area (Å²) in [6.45, 7) is 1.62. The lowest BCUT2D eigenvalue weighted by molar-refractivity contribution is 0.192. The van der Waals surface area contributed by atoms with Gasteiger partial charge in [-0.15, -0.1) is 0 Å². The molecule has 0 bridgehead atoms. The van der Waals surface area contributed by atoms with Crippen LogP contribution in [-0.4, -0.2) is 49.3 Å². The van der Waals surface area contributed by atoms with Crippen molar-refractivity contribution in [2.75, 3.05) is 44.6 Å². The molecular formula is C11H20ClN5O. The van der Waals surface area contributed by atoms with Gasteiger partial charge in [0.15, 0.2) is 0 Å². The molecule has 18 heavy (non-hydrogen) atoms. The predicted molar refractivity (Wildman–Crippen MR) is 73.4 cm³/mol. The maximum Gasteiger partial charge on any atom is 0.230 e. The van der Waals surface area contributed by atoms with Gasteiger partial charge in [0, 0.05) is 34.4 Å². The van der Waals surface area contributed by atoms with Crippen LogP contribution in [0.25, 0.3) is 0 Å². The highest BCUT2D eigenvalue weighted by Gasteiger charge is 2.05. The van der Waals surface area contributed by atoms with Gasteiger partial charge in [0.1, 0.15) is 0 Å². The number of nitrogens with zero attached hydrogens (tertiary/aromatic N) is 4. The normalized spacial score (nSPS) is 10.4. The molecule has 0 atom stereocenters. The minimum atomic E-state index is 0.204. The number of methoxy groups -OCH3 is 1. The highest BCUT2D eigenvalue weighted by Crippen LogP contribution is 2.11.